The van der Waals surface area contributed by atoms with Crippen molar-refractivity contribution in [2.45, 2.75) is 25.3 Å². The smallest absolute Gasteiger partial charge is 0.326 e. The summed E-state index contributed by atoms with van der Waals surface area (Å²) >= 11 is 0. The van der Waals surface area contributed by atoms with Crippen molar-refractivity contribution in [2.75, 3.05) is 20.3 Å². The van der Waals surface area contributed by atoms with E-state index < -0.39 is 11.5 Å². The van der Waals surface area contributed by atoms with Gasteiger partial charge in [0, 0.05) is 6.61 Å². The summed E-state index contributed by atoms with van der Waals surface area (Å²) in [4.78, 5) is 10.8. The van der Waals surface area contributed by atoms with Gasteiger partial charge in [0.1, 0.15) is 5.54 Å². The predicted octanol–water partition coefficient (Wildman–Crippen LogP) is 0.476. The highest BCUT2D eigenvalue weighted by Crippen LogP contribution is 2.29. The first-order chi connectivity index (χ1) is 6.08. The fraction of sp³-hybridized carbons (Fsp3) is 0.889. The number of carboxylic acid groups (broad SMARTS) is 1. The molecule has 1 aliphatic rings. The van der Waals surface area contributed by atoms with Gasteiger partial charge in [0.15, 0.2) is 0 Å². The molecule has 1 rings (SSSR count). The molecule has 1 aliphatic carbocycles. The number of likely N-dealkylation sites (N-methyl/N-ethyl adjacent to an activating group) is 1. The van der Waals surface area contributed by atoms with Crippen molar-refractivity contribution in [3.05, 3.63) is 0 Å². The minimum Gasteiger partial charge on any atom is -0.480 e. The Morgan fingerprint density at radius 2 is 2.31 bits per heavy atom. The van der Waals surface area contributed by atoms with E-state index >= 15 is 0 Å². The van der Waals surface area contributed by atoms with Crippen molar-refractivity contribution in [3.8, 4) is 0 Å². The zero-order chi connectivity index (χ0) is 9.90. The maximum Gasteiger partial charge on any atom is 0.326 e. The van der Waals surface area contributed by atoms with Crippen LogP contribution in [-0.4, -0.2) is 36.9 Å². The molecular formula is C9H17NO3. The zero-order valence-corrected chi connectivity index (χ0v) is 8.17. The van der Waals surface area contributed by atoms with E-state index in [4.69, 9.17) is 9.84 Å². The second-order valence-electron chi connectivity index (χ2n) is 3.85. The number of aliphatic carboxylic acids is 1. The van der Waals surface area contributed by atoms with Gasteiger partial charge in [-0.15, -0.1) is 0 Å². The normalized spacial score (nSPS) is 21.1. The SMILES string of the molecule is CNC(C)(COCC1CC1)C(=O)O. The maximum absolute atomic E-state index is 10.8. The summed E-state index contributed by atoms with van der Waals surface area (Å²) in [5, 5.41) is 11.6. The fourth-order valence-corrected chi connectivity index (χ4v) is 0.955. The monoisotopic (exact) mass is 187 g/mol. The molecule has 2 N–H and O–H groups in total. The molecule has 0 aromatic heterocycles. The number of ether oxygens (including phenoxy) is 1. The van der Waals surface area contributed by atoms with Crippen molar-refractivity contribution in [1.29, 1.82) is 0 Å². The Kier molecular flexibility index (Phi) is 3.27. The third-order valence-corrected chi connectivity index (χ3v) is 2.47. The van der Waals surface area contributed by atoms with Crippen LogP contribution in [0.25, 0.3) is 0 Å². The van der Waals surface area contributed by atoms with E-state index in [0.29, 0.717) is 12.5 Å². The van der Waals surface area contributed by atoms with Crippen LogP contribution in [0.1, 0.15) is 19.8 Å². The molecular weight excluding hydrogens is 170 g/mol. The van der Waals surface area contributed by atoms with Crippen LogP contribution >= 0.6 is 0 Å². The largest absolute Gasteiger partial charge is 0.480 e. The molecule has 1 fully saturated rings. The van der Waals surface area contributed by atoms with Crippen LogP contribution in [0.4, 0.5) is 0 Å². The van der Waals surface area contributed by atoms with Gasteiger partial charge in [-0.1, -0.05) is 0 Å². The van der Waals surface area contributed by atoms with E-state index in [1.54, 1.807) is 14.0 Å². The molecule has 1 saturated carbocycles. The van der Waals surface area contributed by atoms with Crippen molar-refractivity contribution < 1.29 is 14.6 Å². The number of nitrogens with one attached hydrogen (secondary N) is 1. The summed E-state index contributed by atoms with van der Waals surface area (Å²) < 4.78 is 5.33. The first-order valence-electron chi connectivity index (χ1n) is 4.58. The minimum absolute atomic E-state index is 0.231. The third-order valence-electron chi connectivity index (χ3n) is 2.47. The number of carbonyl (C=O) groups is 1. The highest BCUT2D eigenvalue weighted by Gasteiger charge is 2.32. The average Bonchev–Trinajstić information content (AvgIpc) is 2.87. The van der Waals surface area contributed by atoms with Crippen molar-refractivity contribution >= 4 is 5.97 Å². The average molecular weight is 187 g/mol. The topological polar surface area (TPSA) is 58.6 Å². The predicted molar refractivity (Wildman–Crippen MR) is 48.6 cm³/mol. The van der Waals surface area contributed by atoms with Gasteiger partial charge in [-0.2, -0.15) is 0 Å². The van der Waals surface area contributed by atoms with E-state index in [-0.39, 0.29) is 6.61 Å². The van der Waals surface area contributed by atoms with Gasteiger partial charge in [0.05, 0.1) is 6.61 Å². The molecule has 13 heavy (non-hydrogen) atoms. The van der Waals surface area contributed by atoms with E-state index in [0.717, 1.165) is 0 Å². The van der Waals surface area contributed by atoms with Crippen molar-refractivity contribution in [1.82, 2.24) is 5.32 Å². The van der Waals surface area contributed by atoms with Crippen molar-refractivity contribution in [2.24, 2.45) is 5.92 Å². The second kappa shape index (κ2) is 4.07. The molecule has 0 heterocycles. The Labute approximate surface area is 78.3 Å². The van der Waals surface area contributed by atoms with Gasteiger partial charge in [-0.05, 0) is 32.7 Å². The molecule has 4 nitrogen and oxygen atoms in total. The molecule has 0 aromatic carbocycles. The van der Waals surface area contributed by atoms with Crippen LogP contribution in [0.2, 0.25) is 0 Å². The van der Waals surface area contributed by atoms with Gasteiger partial charge in [0.25, 0.3) is 0 Å². The summed E-state index contributed by atoms with van der Waals surface area (Å²) in [5.41, 5.74) is -0.950. The number of hydrogen-bond donors (Lipinski definition) is 2. The zero-order valence-electron chi connectivity index (χ0n) is 8.17. The van der Waals surface area contributed by atoms with Crippen molar-refractivity contribution in [3.63, 3.8) is 0 Å². The third kappa shape index (κ3) is 2.97. The first-order valence-corrected chi connectivity index (χ1v) is 4.58. The van der Waals surface area contributed by atoms with Crippen LogP contribution < -0.4 is 5.32 Å². The summed E-state index contributed by atoms with van der Waals surface area (Å²) in [6, 6.07) is 0. The maximum atomic E-state index is 10.8. The van der Waals surface area contributed by atoms with Crippen LogP contribution in [0.15, 0.2) is 0 Å². The van der Waals surface area contributed by atoms with Gasteiger partial charge in [-0.25, -0.2) is 0 Å². The molecule has 0 amide bonds. The van der Waals surface area contributed by atoms with Crippen LogP contribution in [0.5, 0.6) is 0 Å². The first kappa shape index (κ1) is 10.5. The molecule has 0 radical (unpaired) electrons. The second-order valence-corrected chi connectivity index (χ2v) is 3.85. The lowest BCUT2D eigenvalue weighted by Crippen LogP contribution is -2.51. The Morgan fingerprint density at radius 3 is 2.69 bits per heavy atom. The van der Waals surface area contributed by atoms with E-state index in [2.05, 4.69) is 5.32 Å². The molecule has 0 saturated heterocycles. The number of hydrogen-bond acceptors (Lipinski definition) is 3. The quantitative estimate of drug-likeness (QED) is 0.635. The van der Waals surface area contributed by atoms with E-state index in [1.165, 1.54) is 12.8 Å². The summed E-state index contributed by atoms with van der Waals surface area (Å²) in [7, 11) is 1.63. The molecule has 0 aromatic rings. The van der Waals surface area contributed by atoms with Gasteiger partial charge >= 0.3 is 5.97 Å². The Morgan fingerprint density at radius 1 is 1.69 bits per heavy atom. The highest BCUT2D eigenvalue weighted by molar-refractivity contribution is 5.78. The number of rotatable bonds is 6. The molecule has 76 valence electrons. The number of carboxylic acids is 1. The summed E-state index contributed by atoms with van der Waals surface area (Å²) in [6.07, 6.45) is 2.45. The molecule has 0 spiro atoms. The van der Waals surface area contributed by atoms with Crippen LogP contribution in [0, 0.1) is 5.92 Å². The molecule has 0 aliphatic heterocycles. The van der Waals surface area contributed by atoms with Gasteiger partial charge in [0.2, 0.25) is 0 Å². The Balaban J connectivity index is 2.24. The van der Waals surface area contributed by atoms with Gasteiger partial charge < -0.3 is 15.2 Å². The van der Waals surface area contributed by atoms with E-state index in [9.17, 15) is 4.79 Å². The van der Waals surface area contributed by atoms with E-state index in [1.807, 2.05) is 0 Å². The lowest BCUT2D eigenvalue weighted by molar-refractivity contribution is -0.146. The van der Waals surface area contributed by atoms with Crippen LogP contribution in [-0.2, 0) is 9.53 Å². The lowest BCUT2D eigenvalue weighted by atomic mass is 10.1. The van der Waals surface area contributed by atoms with Gasteiger partial charge in [-0.3, -0.25) is 4.79 Å². The summed E-state index contributed by atoms with van der Waals surface area (Å²) in [5.74, 6) is -0.194. The van der Waals surface area contributed by atoms with Crippen LogP contribution in [0.3, 0.4) is 0 Å². The standard InChI is InChI=1S/C9H17NO3/c1-9(10-2,8(11)12)6-13-5-7-3-4-7/h7,10H,3-6H2,1-2H3,(H,11,12). The molecule has 4 heteroatoms. The fourth-order valence-electron chi connectivity index (χ4n) is 0.955. The molecule has 0 bridgehead atoms. The Hall–Kier alpha value is -0.610. The molecule has 1 atom stereocenters. The summed E-state index contributed by atoms with van der Waals surface area (Å²) in [6.45, 7) is 2.56. The highest BCUT2D eigenvalue weighted by atomic mass is 16.5. The molecule has 1 unspecified atom stereocenters. The lowest BCUT2D eigenvalue weighted by Gasteiger charge is -2.23. The minimum atomic E-state index is -0.950. The Bertz CT molecular complexity index is 191.